The number of aliphatic carboxylic acids is 4. The van der Waals surface area contributed by atoms with Crippen LogP contribution in [-0.2, 0) is 19.2 Å². The van der Waals surface area contributed by atoms with Crippen molar-refractivity contribution in [2.24, 2.45) is 0 Å². The van der Waals surface area contributed by atoms with E-state index < -0.39 is 23.9 Å². The minimum atomic E-state index is -1.26. The van der Waals surface area contributed by atoms with E-state index in [1.54, 1.807) is 0 Å². The second-order valence-electron chi connectivity index (χ2n) is 2.74. The Labute approximate surface area is 113 Å². The zero-order valence-electron chi connectivity index (χ0n) is 10.3. The highest BCUT2D eigenvalue weighted by atomic mass is 16.4. The Bertz CT molecular complexity index is 301. The van der Waals surface area contributed by atoms with Gasteiger partial charge >= 0.3 is 23.9 Å². The molecular weight excluding hydrogens is 280 g/mol. The molecular formula is C10H16O10. The van der Waals surface area contributed by atoms with Gasteiger partial charge in [-0.05, 0) is 0 Å². The highest BCUT2D eigenvalue weighted by Crippen LogP contribution is 1.86. The van der Waals surface area contributed by atoms with E-state index in [1.807, 2.05) is 0 Å². The summed E-state index contributed by atoms with van der Waals surface area (Å²) < 4.78 is 0. The summed E-state index contributed by atoms with van der Waals surface area (Å²) in [5.74, 6) is -4.67. The largest absolute Gasteiger partial charge is 0.481 e. The summed E-state index contributed by atoms with van der Waals surface area (Å²) in [5.41, 5.74) is 0. The molecule has 0 fully saturated rings. The van der Waals surface area contributed by atoms with Crippen molar-refractivity contribution in [3.05, 3.63) is 12.2 Å². The summed E-state index contributed by atoms with van der Waals surface area (Å²) in [6, 6.07) is 0. The molecule has 0 saturated carbocycles. The van der Waals surface area contributed by atoms with Crippen LogP contribution >= 0.6 is 0 Å². The molecule has 20 heavy (non-hydrogen) atoms. The van der Waals surface area contributed by atoms with Gasteiger partial charge < -0.3 is 30.6 Å². The van der Waals surface area contributed by atoms with Gasteiger partial charge in [-0.15, -0.1) is 0 Å². The Morgan fingerprint density at radius 2 is 0.900 bits per heavy atom. The van der Waals surface area contributed by atoms with E-state index in [1.165, 1.54) is 0 Å². The average Bonchev–Trinajstić information content (AvgIpc) is 2.35. The number of hydrogen-bond acceptors (Lipinski definition) is 6. The number of aliphatic hydroxyl groups is 2. The van der Waals surface area contributed by atoms with Gasteiger partial charge in [-0.1, -0.05) is 0 Å². The molecule has 116 valence electrons. The molecule has 0 aromatic rings. The van der Waals surface area contributed by atoms with Crippen molar-refractivity contribution in [1.82, 2.24) is 0 Å². The predicted molar refractivity (Wildman–Crippen MR) is 63.1 cm³/mol. The average molecular weight is 296 g/mol. The summed E-state index contributed by atoms with van der Waals surface area (Å²) in [6.07, 6.45) is 0.523. The van der Waals surface area contributed by atoms with Gasteiger partial charge in [0.1, 0.15) is 0 Å². The lowest BCUT2D eigenvalue weighted by atomic mass is 10.3. The zero-order valence-corrected chi connectivity index (χ0v) is 10.3. The Morgan fingerprint density at radius 1 is 0.650 bits per heavy atom. The molecule has 0 radical (unpaired) electrons. The van der Waals surface area contributed by atoms with E-state index in [4.69, 9.17) is 30.6 Å². The van der Waals surface area contributed by atoms with E-state index in [2.05, 4.69) is 0 Å². The van der Waals surface area contributed by atoms with Gasteiger partial charge in [-0.25, -0.2) is 9.59 Å². The van der Waals surface area contributed by atoms with Crippen LogP contribution in [0.3, 0.4) is 0 Å². The maximum Gasteiger partial charge on any atom is 0.328 e. The molecule has 0 aliphatic carbocycles. The third kappa shape index (κ3) is 45.0. The van der Waals surface area contributed by atoms with Crippen molar-refractivity contribution in [3.8, 4) is 0 Å². The highest BCUT2D eigenvalue weighted by molar-refractivity contribution is 5.89. The normalized spacial score (nSPS) is 8.70. The summed E-state index contributed by atoms with van der Waals surface area (Å²) in [4.78, 5) is 38.4. The van der Waals surface area contributed by atoms with Crippen LogP contribution in [-0.4, -0.2) is 67.7 Å². The lowest BCUT2D eigenvalue weighted by Crippen LogP contribution is -2.00. The molecule has 0 bridgehead atoms. The van der Waals surface area contributed by atoms with Crippen LogP contribution in [0.25, 0.3) is 0 Å². The lowest BCUT2D eigenvalue weighted by Gasteiger charge is -1.85. The van der Waals surface area contributed by atoms with Gasteiger partial charge in [-0.3, -0.25) is 9.59 Å². The molecule has 0 atom stereocenters. The summed E-state index contributed by atoms with van der Waals surface area (Å²) in [5, 5.41) is 46.7. The van der Waals surface area contributed by atoms with E-state index >= 15 is 0 Å². The molecule has 0 aromatic heterocycles. The number of hydrogen-bond donors (Lipinski definition) is 6. The maximum absolute atomic E-state index is 9.64. The van der Waals surface area contributed by atoms with Crippen LogP contribution in [0.2, 0.25) is 0 Å². The first-order valence-corrected chi connectivity index (χ1v) is 4.96. The van der Waals surface area contributed by atoms with Crippen LogP contribution < -0.4 is 0 Å². The molecule has 0 aliphatic rings. The van der Waals surface area contributed by atoms with E-state index in [0.717, 1.165) is 0 Å². The number of aliphatic hydroxyl groups excluding tert-OH is 2. The zero-order chi connectivity index (χ0) is 16.6. The van der Waals surface area contributed by atoms with Crippen LogP contribution in [0.1, 0.15) is 12.8 Å². The van der Waals surface area contributed by atoms with Gasteiger partial charge in [0.2, 0.25) is 0 Å². The van der Waals surface area contributed by atoms with Crippen molar-refractivity contribution >= 4 is 23.9 Å². The lowest BCUT2D eigenvalue weighted by molar-refractivity contribution is -0.143. The Kier molecular flexibility index (Phi) is 18.8. The fraction of sp³-hybridized carbons (Fsp3) is 0.400. The standard InChI is InChI=1S/C4H6O4.C4H4O4.C2H6O2/c2*5-3(6)1-2-4(7)8;3-1-2-4/h1-2H2,(H,5,6)(H,7,8);1-2H,(H,5,6)(H,7,8);3-4H,1-2H2. The number of rotatable bonds is 6. The van der Waals surface area contributed by atoms with Gasteiger partial charge in [0.25, 0.3) is 0 Å². The van der Waals surface area contributed by atoms with Crippen LogP contribution in [0, 0.1) is 0 Å². The van der Waals surface area contributed by atoms with Gasteiger partial charge in [0, 0.05) is 12.2 Å². The molecule has 0 heterocycles. The molecule has 0 aliphatic heterocycles. The second kappa shape index (κ2) is 16.5. The molecule has 6 N–H and O–H groups in total. The maximum atomic E-state index is 9.64. The monoisotopic (exact) mass is 296 g/mol. The molecule has 10 heteroatoms. The molecule has 0 aromatic carbocycles. The molecule has 10 nitrogen and oxygen atoms in total. The molecule has 0 rings (SSSR count). The van der Waals surface area contributed by atoms with Crippen LogP contribution in [0.4, 0.5) is 0 Å². The van der Waals surface area contributed by atoms with Gasteiger partial charge in [0.05, 0.1) is 26.1 Å². The number of carboxylic acids is 4. The molecule has 0 saturated heterocycles. The third-order valence-corrected chi connectivity index (χ3v) is 1.02. The summed E-state index contributed by atoms with van der Waals surface area (Å²) in [7, 11) is 0. The van der Waals surface area contributed by atoms with Crippen molar-refractivity contribution in [2.45, 2.75) is 12.8 Å². The molecule has 0 amide bonds. The minimum absolute atomic E-state index is 0.125. The van der Waals surface area contributed by atoms with E-state index in [9.17, 15) is 19.2 Å². The van der Waals surface area contributed by atoms with Crippen LogP contribution in [0.5, 0.6) is 0 Å². The first-order chi connectivity index (χ1) is 9.17. The second-order valence-corrected chi connectivity index (χ2v) is 2.74. The Morgan fingerprint density at radius 3 is 1.00 bits per heavy atom. The first kappa shape index (κ1) is 22.7. The third-order valence-electron chi connectivity index (χ3n) is 1.02. The fourth-order valence-corrected chi connectivity index (χ4v) is 0.356. The van der Waals surface area contributed by atoms with Crippen molar-refractivity contribution in [2.75, 3.05) is 13.2 Å². The molecule has 0 unspecified atom stereocenters. The predicted octanol–water partition coefficient (Wildman–Crippen LogP) is -1.38. The van der Waals surface area contributed by atoms with Crippen LogP contribution in [0.15, 0.2) is 12.2 Å². The first-order valence-electron chi connectivity index (χ1n) is 4.96. The minimum Gasteiger partial charge on any atom is -0.481 e. The highest BCUT2D eigenvalue weighted by Gasteiger charge is 2.00. The Hall–Kier alpha value is -2.46. The van der Waals surface area contributed by atoms with E-state index in [-0.39, 0.29) is 26.1 Å². The van der Waals surface area contributed by atoms with Crippen molar-refractivity contribution in [3.63, 3.8) is 0 Å². The quantitative estimate of drug-likeness (QED) is 0.318. The van der Waals surface area contributed by atoms with Crippen molar-refractivity contribution < 1.29 is 49.8 Å². The topological polar surface area (TPSA) is 190 Å². The van der Waals surface area contributed by atoms with Crippen molar-refractivity contribution in [1.29, 1.82) is 0 Å². The van der Waals surface area contributed by atoms with Gasteiger partial charge in [-0.2, -0.15) is 0 Å². The number of carbonyl (C=O) groups is 4. The molecule has 0 spiro atoms. The fourth-order valence-electron chi connectivity index (χ4n) is 0.356. The smallest absolute Gasteiger partial charge is 0.328 e. The summed E-state index contributed by atoms with van der Waals surface area (Å²) in [6.45, 7) is -0.250. The van der Waals surface area contributed by atoms with E-state index in [0.29, 0.717) is 12.2 Å². The van der Waals surface area contributed by atoms with Gasteiger partial charge in [0.15, 0.2) is 0 Å². The number of carboxylic acid groups (broad SMARTS) is 4. The SMILES string of the molecule is O=C(O)C=CC(=O)O.O=C(O)CCC(=O)O.OCCO. The summed E-state index contributed by atoms with van der Waals surface area (Å²) >= 11 is 0. The Balaban J connectivity index is -0.000000230.